The van der Waals surface area contributed by atoms with Gasteiger partial charge in [0.1, 0.15) is 5.92 Å². The van der Waals surface area contributed by atoms with Crippen molar-refractivity contribution >= 4 is 17.0 Å². The van der Waals surface area contributed by atoms with Gasteiger partial charge in [-0.25, -0.2) is 0 Å². The predicted octanol–water partition coefficient (Wildman–Crippen LogP) is 2.20. The molecular formula is C20H22N5S+. The van der Waals surface area contributed by atoms with E-state index >= 15 is 0 Å². The first kappa shape index (κ1) is 18.3. The molecule has 3 rings (SSSR count). The van der Waals surface area contributed by atoms with E-state index in [9.17, 15) is 15.8 Å². The van der Waals surface area contributed by atoms with Crippen LogP contribution in [-0.2, 0) is 0 Å². The van der Waals surface area contributed by atoms with Gasteiger partial charge in [0.05, 0.1) is 43.1 Å². The fraction of sp³-hybridized carbons (Fsp3) is 0.500. The third kappa shape index (κ3) is 2.48. The Kier molecular flexibility index (Phi) is 4.72. The molecule has 1 unspecified atom stereocenters. The molecule has 1 aromatic heterocycles. The minimum absolute atomic E-state index is 0.0571. The van der Waals surface area contributed by atoms with Crippen LogP contribution in [0.1, 0.15) is 30.2 Å². The third-order valence-electron chi connectivity index (χ3n) is 5.91. The molecule has 0 saturated heterocycles. The van der Waals surface area contributed by atoms with E-state index in [0.717, 1.165) is 29.1 Å². The van der Waals surface area contributed by atoms with E-state index in [1.54, 1.807) is 11.3 Å². The zero-order valence-electron chi connectivity index (χ0n) is 15.2. The number of nitrogens with zero attached hydrogens (tertiary/aromatic N) is 3. The van der Waals surface area contributed by atoms with Crippen molar-refractivity contribution in [2.75, 3.05) is 13.1 Å². The third-order valence-corrected chi connectivity index (χ3v) is 7.01. The van der Waals surface area contributed by atoms with Gasteiger partial charge in [0.2, 0.25) is 0 Å². The van der Waals surface area contributed by atoms with Crippen molar-refractivity contribution in [1.29, 1.82) is 21.2 Å². The normalized spacial score (nSPS) is 29.9. The van der Waals surface area contributed by atoms with Crippen LogP contribution in [0.3, 0.4) is 0 Å². The van der Waals surface area contributed by atoms with E-state index in [1.807, 2.05) is 18.4 Å². The maximum absolute atomic E-state index is 10.0. The minimum atomic E-state index is -1.59. The zero-order valence-corrected chi connectivity index (χ0v) is 16.0. The predicted molar refractivity (Wildman–Crippen MR) is 99.7 cm³/mol. The molecule has 0 amide bonds. The molecule has 2 N–H and O–H groups in total. The van der Waals surface area contributed by atoms with Crippen molar-refractivity contribution < 1.29 is 4.90 Å². The van der Waals surface area contributed by atoms with Crippen molar-refractivity contribution in [2.45, 2.75) is 32.7 Å². The van der Waals surface area contributed by atoms with E-state index < -0.39 is 17.3 Å². The van der Waals surface area contributed by atoms with E-state index in [4.69, 9.17) is 5.41 Å². The Balaban J connectivity index is 2.25. The SMILES string of the molecule is Cc1ccsc1[C@@H]1[C@H]2C[NH+](C(C)C)CC=C2[C@@H](C#N)C(=N)C1(C#N)C#N. The highest BCUT2D eigenvalue weighted by molar-refractivity contribution is 7.10. The standard InChI is InChI=1S/C20H21N5S/c1-12(2)25-6-4-14-15(8-21)19(24)20(10-22,11-23)17(16(14)9-25)18-13(3)5-7-26-18/h4-5,7,12,15-17,24H,6,9H2,1-3H3/p+1/t15-,16+,17+/m1/s1. The number of nitriles is 3. The molecule has 0 spiro atoms. The first-order valence-corrected chi connectivity index (χ1v) is 9.68. The smallest absolute Gasteiger partial charge is 0.190 e. The number of rotatable bonds is 2. The maximum Gasteiger partial charge on any atom is 0.190 e. The molecule has 5 nitrogen and oxygen atoms in total. The van der Waals surface area contributed by atoms with Crippen LogP contribution in [0.2, 0.25) is 0 Å². The summed E-state index contributed by atoms with van der Waals surface area (Å²) >= 11 is 1.55. The highest BCUT2D eigenvalue weighted by atomic mass is 32.1. The summed E-state index contributed by atoms with van der Waals surface area (Å²) in [5, 5.41) is 40.3. The minimum Gasteiger partial charge on any atom is -0.329 e. The molecular weight excluding hydrogens is 342 g/mol. The number of quaternary nitrogens is 1. The largest absolute Gasteiger partial charge is 0.329 e. The molecule has 2 heterocycles. The zero-order chi connectivity index (χ0) is 19.1. The number of hydrogen-bond donors (Lipinski definition) is 2. The summed E-state index contributed by atoms with van der Waals surface area (Å²) in [6.45, 7) is 7.91. The summed E-state index contributed by atoms with van der Waals surface area (Å²) in [6, 6.07) is 8.93. The second kappa shape index (κ2) is 6.69. The molecule has 132 valence electrons. The maximum atomic E-state index is 10.0. The number of aryl methyl sites for hydroxylation is 1. The van der Waals surface area contributed by atoms with Gasteiger partial charge in [-0.15, -0.1) is 11.3 Å². The van der Waals surface area contributed by atoms with Crippen LogP contribution in [0, 0.1) is 63.6 Å². The molecule has 1 fully saturated rings. The molecule has 0 bridgehead atoms. The molecule has 1 aliphatic carbocycles. The first-order valence-electron chi connectivity index (χ1n) is 8.80. The Hall–Kier alpha value is -2.46. The summed E-state index contributed by atoms with van der Waals surface area (Å²) in [5.41, 5.74) is 0.338. The molecule has 0 aromatic carbocycles. The van der Waals surface area contributed by atoms with Gasteiger partial charge in [0, 0.05) is 16.7 Å². The van der Waals surface area contributed by atoms with Crippen LogP contribution in [0.15, 0.2) is 23.1 Å². The Morgan fingerprint density at radius 3 is 2.50 bits per heavy atom. The summed E-state index contributed by atoms with van der Waals surface area (Å²) in [6.07, 6.45) is 2.08. The second-order valence-corrected chi connectivity index (χ2v) is 8.43. The number of hydrogen-bond acceptors (Lipinski definition) is 5. The van der Waals surface area contributed by atoms with Gasteiger partial charge >= 0.3 is 0 Å². The Morgan fingerprint density at radius 1 is 1.31 bits per heavy atom. The fourth-order valence-electron chi connectivity index (χ4n) is 4.37. The van der Waals surface area contributed by atoms with Gasteiger partial charge in [-0.2, -0.15) is 15.8 Å². The molecule has 1 aliphatic heterocycles. The highest BCUT2D eigenvalue weighted by Gasteiger charge is 2.59. The van der Waals surface area contributed by atoms with Gasteiger partial charge in [-0.1, -0.05) is 0 Å². The lowest BCUT2D eigenvalue weighted by Crippen LogP contribution is -3.16. The average Bonchev–Trinajstić information content (AvgIpc) is 3.05. The van der Waals surface area contributed by atoms with E-state index in [-0.39, 0.29) is 11.6 Å². The Morgan fingerprint density at radius 2 is 2.00 bits per heavy atom. The lowest BCUT2D eigenvalue weighted by molar-refractivity contribution is -0.920. The van der Waals surface area contributed by atoms with Crippen molar-refractivity contribution in [3.05, 3.63) is 33.5 Å². The van der Waals surface area contributed by atoms with Crippen molar-refractivity contribution in [3.8, 4) is 18.2 Å². The van der Waals surface area contributed by atoms with Crippen molar-refractivity contribution in [2.24, 2.45) is 17.3 Å². The quantitative estimate of drug-likeness (QED) is 0.787. The molecule has 1 aromatic rings. The summed E-state index contributed by atoms with van der Waals surface area (Å²) < 4.78 is 0. The van der Waals surface area contributed by atoms with Crippen LogP contribution < -0.4 is 4.90 Å². The second-order valence-electron chi connectivity index (χ2n) is 7.48. The Bertz CT molecular complexity index is 875. The summed E-state index contributed by atoms with van der Waals surface area (Å²) in [5.74, 6) is -1.24. The van der Waals surface area contributed by atoms with Crippen LogP contribution in [0.25, 0.3) is 0 Å². The van der Waals surface area contributed by atoms with Crippen molar-refractivity contribution in [1.82, 2.24) is 0 Å². The number of nitrogens with one attached hydrogen (secondary N) is 2. The van der Waals surface area contributed by atoms with Gasteiger partial charge in [0.25, 0.3) is 0 Å². The molecule has 2 aliphatic rings. The first-order chi connectivity index (χ1) is 12.4. The number of thiophene rings is 1. The lowest BCUT2D eigenvalue weighted by atomic mass is 9.55. The average molecular weight is 364 g/mol. The Labute approximate surface area is 158 Å². The van der Waals surface area contributed by atoms with Crippen LogP contribution in [-0.4, -0.2) is 24.8 Å². The van der Waals surface area contributed by atoms with E-state index in [1.165, 1.54) is 4.90 Å². The molecule has 6 heteroatoms. The van der Waals surface area contributed by atoms with Gasteiger partial charge < -0.3 is 10.3 Å². The molecule has 4 atom stereocenters. The van der Waals surface area contributed by atoms with Gasteiger partial charge in [-0.05, 0) is 49.4 Å². The molecule has 1 saturated carbocycles. The lowest BCUT2D eigenvalue weighted by Gasteiger charge is -2.46. The van der Waals surface area contributed by atoms with E-state index in [2.05, 4.69) is 38.1 Å². The van der Waals surface area contributed by atoms with E-state index in [0.29, 0.717) is 6.04 Å². The fourth-order valence-corrected chi connectivity index (χ4v) is 5.53. The number of fused-ring (bicyclic) bond motifs is 1. The van der Waals surface area contributed by atoms with Crippen LogP contribution in [0.4, 0.5) is 0 Å². The highest BCUT2D eigenvalue weighted by Crippen LogP contribution is 2.54. The monoisotopic (exact) mass is 364 g/mol. The molecule has 26 heavy (non-hydrogen) atoms. The van der Waals surface area contributed by atoms with Gasteiger partial charge in [0.15, 0.2) is 5.41 Å². The van der Waals surface area contributed by atoms with Gasteiger partial charge in [-0.3, -0.25) is 0 Å². The summed E-state index contributed by atoms with van der Waals surface area (Å²) in [4.78, 5) is 2.38. The van der Waals surface area contributed by atoms with Crippen LogP contribution >= 0.6 is 11.3 Å². The van der Waals surface area contributed by atoms with Crippen LogP contribution in [0.5, 0.6) is 0 Å². The summed E-state index contributed by atoms with van der Waals surface area (Å²) in [7, 11) is 0. The molecule has 0 radical (unpaired) electrons. The van der Waals surface area contributed by atoms with Crippen molar-refractivity contribution in [3.63, 3.8) is 0 Å². The topological polar surface area (TPSA) is 99.7 Å².